The summed E-state index contributed by atoms with van der Waals surface area (Å²) in [7, 11) is 0. The van der Waals surface area contributed by atoms with Crippen molar-refractivity contribution < 1.29 is 19.0 Å². The normalized spacial score (nSPS) is 30.2. The molecule has 2 unspecified atom stereocenters. The van der Waals surface area contributed by atoms with Gasteiger partial charge in [0.1, 0.15) is 0 Å². The topological polar surface area (TPSA) is 68.8 Å². The van der Waals surface area contributed by atoms with Gasteiger partial charge in [0.05, 0.1) is 0 Å². The molecule has 6 heteroatoms. The number of ether oxygens (including phenoxy) is 3. The molecule has 3 fully saturated rings. The van der Waals surface area contributed by atoms with Crippen LogP contribution in [-0.4, -0.2) is 44.5 Å². The van der Waals surface area contributed by atoms with E-state index < -0.39 is 0 Å². The summed E-state index contributed by atoms with van der Waals surface area (Å²) in [6, 6.07) is 7.46. The van der Waals surface area contributed by atoms with Gasteiger partial charge in [-0.15, -0.1) is 0 Å². The van der Waals surface area contributed by atoms with Crippen molar-refractivity contribution in [2.45, 2.75) is 62.4 Å². The van der Waals surface area contributed by atoms with Gasteiger partial charge in [-0.3, -0.25) is 4.79 Å². The third-order valence-electron chi connectivity index (χ3n) is 7.10. The molecule has 0 radical (unpaired) electrons. The molecule has 6 nitrogen and oxygen atoms in total. The lowest BCUT2D eigenvalue weighted by atomic mass is 9.74. The lowest BCUT2D eigenvalue weighted by Crippen LogP contribution is -2.45. The predicted octanol–water partition coefficient (Wildman–Crippen LogP) is 2.50. The molecule has 2 atom stereocenters. The average Bonchev–Trinajstić information content (AvgIpc) is 3.32. The standard InChI is InChI=1S/C22H30N2O4/c25-21(11-15-9-17-2-3-18(10-15)24-17)23-13-22(5-7-26-8-6-22)16-1-4-19-20(12-16)28-14-27-19/h1,4,12,15,17-18,24H,2-3,5-11,13-14H2,(H,23,25). The second-order valence-corrected chi connectivity index (χ2v) is 8.92. The molecule has 1 aromatic carbocycles. The minimum atomic E-state index is -0.0952. The van der Waals surface area contributed by atoms with Gasteiger partial charge in [0.25, 0.3) is 0 Å². The zero-order chi connectivity index (χ0) is 19.0. The van der Waals surface area contributed by atoms with E-state index >= 15 is 0 Å². The summed E-state index contributed by atoms with van der Waals surface area (Å²) in [5.74, 6) is 2.32. The predicted molar refractivity (Wildman–Crippen MR) is 105 cm³/mol. The smallest absolute Gasteiger partial charge is 0.231 e. The molecule has 0 aliphatic carbocycles. The minimum Gasteiger partial charge on any atom is -0.454 e. The van der Waals surface area contributed by atoms with Crippen LogP contribution < -0.4 is 20.1 Å². The van der Waals surface area contributed by atoms with Crippen LogP contribution in [0.5, 0.6) is 11.5 Å². The molecule has 4 aliphatic rings. The average molecular weight is 386 g/mol. The van der Waals surface area contributed by atoms with Crippen molar-refractivity contribution in [3.63, 3.8) is 0 Å². The minimum absolute atomic E-state index is 0.0952. The number of benzene rings is 1. The van der Waals surface area contributed by atoms with Gasteiger partial charge in [-0.2, -0.15) is 0 Å². The number of hydrogen-bond donors (Lipinski definition) is 2. The van der Waals surface area contributed by atoms with E-state index in [-0.39, 0.29) is 18.1 Å². The molecule has 152 valence electrons. The molecule has 5 rings (SSSR count). The maximum absolute atomic E-state index is 12.7. The molecule has 4 aliphatic heterocycles. The van der Waals surface area contributed by atoms with Gasteiger partial charge in [-0.25, -0.2) is 0 Å². The second-order valence-electron chi connectivity index (χ2n) is 8.92. The van der Waals surface area contributed by atoms with Crippen molar-refractivity contribution in [1.29, 1.82) is 0 Å². The van der Waals surface area contributed by atoms with E-state index in [2.05, 4.69) is 22.8 Å². The fourth-order valence-electron chi connectivity index (χ4n) is 5.50. The van der Waals surface area contributed by atoms with E-state index in [1.54, 1.807) is 0 Å². The van der Waals surface area contributed by atoms with Crippen LogP contribution in [0.1, 0.15) is 50.5 Å². The van der Waals surface area contributed by atoms with Crippen molar-refractivity contribution in [2.24, 2.45) is 5.92 Å². The molecule has 1 amide bonds. The van der Waals surface area contributed by atoms with E-state index in [4.69, 9.17) is 14.2 Å². The lowest BCUT2D eigenvalue weighted by Gasteiger charge is -2.38. The number of fused-ring (bicyclic) bond motifs is 3. The summed E-state index contributed by atoms with van der Waals surface area (Å²) in [5, 5.41) is 6.93. The summed E-state index contributed by atoms with van der Waals surface area (Å²) in [6.07, 6.45) is 7.30. The Kier molecular flexibility index (Phi) is 4.93. The summed E-state index contributed by atoms with van der Waals surface area (Å²) in [4.78, 5) is 12.7. The maximum atomic E-state index is 12.7. The Morgan fingerprint density at radius 2 is 1.86 bits per heavy atom. The highest BCUT2D eigenvalue weighted by Gasteiger charge is 2.37. The number of rotatable bonds is 5. The van der Waals surface area contributed by atoms with Crippen molar-refractivity contribution in [1.82, 2.24) is 10.6 Å². The van der Waals surface area contributed by atoms with Crippen molar-refractivity contribution >= 4 is 5.91 Å². The van der Waals surface area contributed by atoms with Crippen LogP contribution in [0, 0.1) is 5.92 Å². The Bertz CT molecular complexity index is 719. The molecule has 0 spiro atoms. The van der Waals surface area contributed by atoms with Gasteiger partial charge in [0.15, 0.2) is 11.5 Å². The van der Waals surface area contributed by atoms with Gasteiger partial charge >= 0.3 is 0 Å². The first-order chi connectivity index (χ1) is 13.7. The zero-order valence-electron chi connectivity index (χ0n) is 16.4. The van der Waals surface area contributed by atoms with Crippen LogP contribution in [0.3, 0.4) is 0 Å². The van der Waals surface area contributed by atoms with E-state index in [0.717, 1.165) is 50.4 Å². The molecule has 2 N–H and O–H groups in total. The first kappa shape index (κ1) is 18.3. The summed E-state index contributed by atoms with van der Waals surface area (Å²) >= 11 is 0. The van der Waals surface area contributed by atoms with Crippen LogP contribution in [0.4, 0.5) is 0 Å². The SMILES string of the molecule is O=C(CC1CC2CCC(C1)N2)NCC1(c2ccc3c(c2)OCO3)CCOCC1. The Morgan fingerprint density at radius 3 is 2.64 bits per heavy atom. The Labute approximate surface area is 166 Å². The Morgan fingerprint density at radius 1 is 1.11 bits per heavy atom. The highest BCUT2D eigenvalue weighted by molar-refractivity contribution is 5.76. The molecule has 3 saturated heterocycles. The summed E-state index contributed by atoms with van der Waals surface area (Å²) in [6.45, 7) is 2.39. The van der Waals surface area contributed by atoms with Crippen molar-refractivity contribution in [2.75, 3.05) is 26.6 Å². The van der Waals surface area contributed by atoms with Crippen LogP contribution in [0.15, 0.2) is 18.2 Å². The Hall–Kier alpha value is -1.79. The van der Waals surface area contributed by atoms with Gasteiger partial charge in [-0.1, -0.05) is 6.07 Å². The third kappa shape index (κ3) is 3.60. The van der Waals surface area contributed by atoms with Gasteiger partial charge in [0.2, 0.25) is 12.7 Å². The molecule has 28 heavy (non-hydrogen) atoms. The summed E-state index contributed by atoms with van der Waals surface area (Å²) < 4.78 is 16.7. The monoisotopic (exact) mass is 386 g/mol. The number of carbonyl (C=O) groups excluding carboxylic acids is 1. The number of hydrogen-bond acceptors (Lipinski definition) is 5. The number of carbonyl (C=O) groups is 1. The molecule has 0 aromatic heterocycles. The van der Waals surface area contributed by atoms with E-state index in [1.165, 1.54) is 18.4 Å². The van der Waals surface area contributed by atoms with Crippen molar-refractivity contribution in [3.05, 3.63) is 23.8 Å². The molecule has 0 saturated carbocycles. The quantitative estimate of drug-likeness (QED) is 0.814. The molecule has 4 heterocycles. The molecular formula is C22H30N2O4. The van der Waals surface area contributed by atoms with Crippen LogP contribution in [0.2, 0.25) is 0 Å². The fraction of sp³-hybridized carbons (Fsp3) is 0.682. The maximum Gasteiger partial charge on any atom is 0.231 e. The first-order valence-corrected chi connectivity index (χ1v) is 10.7. The number of amides is 1. The van der Waals surface area contributed by atoms with Gasteiger partial charge in [0, 0.05) is 43.7 Å². The third-order valence-corrected chi connectivity index (χ3v) is 7.10. The van der Waals surface area contributed by atoms with Crippen LogP contribution in [0.25, 0.3) is 0 Å². The van der Waals surface area contributed by atoms with Crippen LogP contribution in [-0.2, 0) is 14.9 Å². The fourth-order valence-corrected chi connectivity index (χ4v) is 5.50. The number of nitrogens with one attached hydrogen (secondary N) is 2. The largest absolute Gasteiger partial charge is 0.454 e. The lowest BCUT2D eigenvalue weighted by molar-refractivity contribution is -0.122. The second kappa shape index (κ2) is 7.56. The van der Waals surface area contributed by atoms with E-state index in [0.29, 0.717) is 31.0 Å². The van der Waals surface area contributed by atoms with Gasteiger partial charge in [-0.05, 0) is 62.1 Å². The molecule has 1 aromatic rings. The highest BCUT2D eigenvalue weighted by atomic mass is 16.7. The zero-order valence-corrected chi connectivity index (χ0v) is 16.4. The highest BCUT2D eigenvalue weighted by Crippen LogP contribution is 2.40. The van der Waals surface area contributed by atoms with E-state index in [1.807, 2.05) is 6.07 Å². The van der Waals surface area contributed by atoms with Gasteiger partial charge < -0.3 is 24.8 Å². The molecule has 2 bridgehead atoms. The van der Waals surface area contributed by atoms with Crippen LogP contribution >= 0.6 is 0 Å². The Balaban J connectivity index is 1.25. The first-order valence-electron chi connectivity index (χ1n) is 10.7. The van der Waals surface area contributed by atoms with Crippen molar-refractivity contribution in [3.8, 4) is 11.5 Å². The number of piperidine rings is 1. The molecular weight excluding hydrogens is 356 g/mol. The summed E-state index contributed by atoms with van der Waals surface area (Å²) in [5.41, 5.74) is 1.11. The van der Waals surface area contributed by atoms with E-state index in [9.17, 15) is 4.79 Å².